The lowest BCUT2D eigenvalue weighted by atomic mass is 9.94. The Morgan fingerprint density at radius 3 is 1.04 bits per heavy atom. The van der Waals surface area contributed by atoms with E-state index in [0.717, 1.165) is 91.1 Å². The molecular formula is C74H103N3O13. The Labute approximate surface area is 536 Å². The maximum atomic E-state index is 12.4. The van der Waals surface area contributed by atoms with Crippen LogP contribution in [0.2, 0.25) is 0 Å². The van der Waals surface area contributed by atoms with Crippen molar-refractivity contribution in [3.05, 3.63) is 144 Å². The summed E-state index contributed by atoms with van der Waals surface area (Å²) in [7, 11) is 0. The van der Waals surface area contributed by atoms with Crippen LogP contribution in [-0.4, -0.2) is 131 Å². The van der Waals surface area contributed by atoms with Crippen LogP contribution in [0.25, 0.3) is 10.8 Å². The van der Waals surface area contributed by atoms with Crippen molar-refractivity contribution in [1.82, 2.24) is 5.32 Å². The summed E-state index contributed by atoms with van der Waals surface area (Å²) in [4.78, 5) is 12.4. The van der Waals surface area contributed by atoms with Gasteiger partial charge in [0.2, 0.25) is 5.91 Å². The number of fused-ring (bicyclic) bond motifs is 1. The van der Waals surface area contributed by atoms with Crippen LogP contribution in [0, 0.1) is 0 Å². The normalized spacial score (nSPS) is 11.6. The topological polar surface area (TPSA) is 165 Å². The molecule has 492 valence electrons. The van der Waals surface area contributed by atoms with E-state index in [-0.39, 0.29) is 5.91 Å². The molecule has 0 aliphatic carbocycles. The Balaban J connectivity index is 0.679. The number of unbranched alkanes of at least 4 members (excludes halogenated alkanes) is 5. The van der Waals surface area contributed by atoms with Gasteiger partial charge in [0, 0.05) is 23.7 Å². The van der Waals surface area contributed by atoms with Crippen LogP contribution in [0.5, 0.6) is 34.5 Å². The summed E-state index contributed by atoms with van der Waals surface area (Å²) in [5.74, 6) is 6.91. The summed E-state index contributed by atoms with van der Waals surface area (Å²) in [5.41, 5.74) is 6.46. The van der Waals surface area contributed by atoms with E-state index in [9.17, 15) is 4.79 Å². The zero-order valence-electron chi connectivity index (χ0n) is 55.1. The van der Waals surface area contributed by atoms with Crippen LogP contribution < -0.4 is 33.7 Å². The van der Waals surface area contributed by atoms with E-state index >= 15 is 0 Å². The first kappa shape index (κ1) is 72.3. The summed E-state index contributed by atoms with van der Waals surface area (Å²) in [6.07, 6.45) is 7.22. The molecule has 0 atom stereocenters. The van der Waals surface area contributed by atoms with Gasteiger partial charge < -0.3 is 62.2 Å². The Bertz CT molecular complexity index is 2880. The molecule has 0 heterocycles. The lowest BCUT2D eigenvalue weighted by molar-refractivity contribution is -0.121. The highest BCUT2D eigenvalue weighted by Crippen LogP contribution is 2.37. The van der Waals surface area contributed by atoms with Gasteiger partial charge in [-0.05, 0) is 152 Å². The maximum Gasteiger partial charge on any atom is 0.220 e. The summed E-state index contributed by atoms with van der Waals surface area (Å²) in [5, 5.41) is 13.7. The number of hydrogen-bond acceptors (Lipinski definition) is 15. The molecule has 0 aromatic heterocycles. The summed E-state index contributed by atoms with van der Waals surface area (Å²) in [6.45, 7) is 27.0. The molecule has 0 spiro atoms. The summed E-state index contributed by atoms with van der Waals surface area (Å²) in [6, 6.07) is 40.0. The molecule has 6 rings (SSSR count). The van der Waals surface area contributed by atoms with E-state index in [1.165, 1.54) is 22.3 Å². The van der Waals surface area contributed by atoms with Crippen LogP contribution >= 0.6 is 0 Å². The van der Waals surface area contributed by atoms with E-state index in [1.807, 2.05) is 72.8 Å². The molecule has 16 heteroatoms. The van der Waals surface area contributed by atoms with E-state index in [0.29, 0.717) is 166 Å². The number of carbonyl (C=O) groups excluding carboxylic acids is 1. The number of rotatable bonds is 49. The second-order valence-corrected chi connectivity index (χ2v) is 23.3. The second-order valence-electron chi connectivity index (χ2n) is 23.3. The van der Waals surface area contributed by atoms with Crippen molar-refractivity contribution in [3.63, 3.8) is 0 Å². The van der Waals surface area contributed by atoms with E-state index < -0.39 is 0 Å². The largest absolute Gasteiger partial charge is 0.493 e. The molecule has 1 amide bonds. The van der Waals surface area contributed by atoms with Gasteiger partial charge in [0.05, 0.1) is 110 Å². The number of hydrogen-bond donors (Lipinski definition) is 1. The van der Waals surface area contributed by atoms with Crippen molar-refractivity contribution in [2.24, 2.45) is 10.2 Å². The Morgan fingerprint density at radius 2 is 0.656 bits per heavy atom. The Kier molecular flexibility index (Phi) is 34.6. The average molecular weight is 1240 g/mol. The van der Waals surface area contributed by atoms with Crippen molar-refractivity contribution < 1.29 is 61.6 Å². The van der Waals surface area contributed by atoms with Crippen LogP contribution in [0.3, 0.4) is 0 Å². The zero-order chi connectivity index (χ0) is 63.8. The van der Waals surface area contributed by atoms with E-state index in [1.54, 1.807) is 0 Å². The van der Waals surface area contributed by atoms with Gasteiger partial charge in [0.25, 0.3) is 0 Å². The first-order chi connectivity index (χ1) is 44.0. The molecule has 0 unspecified atom stereocenters. The molecule has 0 bridgehead atoms. The first-order valence-corrected chi connectivity index (χ1v) is 32.9. The Morgan fingerprint density at radius 1 is 0.333 bits per heavy atom. The van der Waals surface area contributed by atoms with Crippen LogP contribution in [0.4, 0.5) is 11.4 Å². The van der Waals surface area contributed by atoms with Gasteiger partial charge in [-0.25, -0.2) is 0 Å². The quantitative estimate of drug-likeness (QED) is 0.0284. The van der Waals surface area contributed by atoms with Crippen molar-refractivity contribution in [2.45, 2.75) is 130 Å². The minimum atomic E-state index is 0.0264. The van der Waals surface area contributed by atoms with Gasteiger partial charge in [0.1, 0.15) is 54.3 Å². The standard InChI is InChI=1S/C74H103N3O13/c1-56(2)64-20-16-21-65(57(3)4)73(64)89-40-14-10-9-13-38-87-70-26-18-25-69-68(70)24-19-27-71(69)88-39-15-11-12-28-72(78)75-37-41-79-42-43-80-44-47-82-50-53-85-62-33-29-60(30-34-62)76-77-61-31-35-63(36-32-61)86-54-51-83-48-45-81-46-49-84-52-55-90-74-66(58(5)6)22-17-23-67(74)59(7)8/h16-27,29-36,56-59H,9-15,28,37-55H2,1-8H3,(H,75,78). The zero-order valence-corrected chi connectivity index (χ0v) is 55.1. The van der Waals surface area contributed by atoms with Gasteiger partial charge in [-0.1, -0.05) is 116 Å². The lowest BCUT2D eigenvalue weighted by Crippen LogP contribution is -2.27. The molecule has 0 saturated heterocycles. The van der Waals surface area contributed by atoms with Crippen molar-refractivity contribution in [1.29, 1.82) is 0 Å². The number of nitrogens with zero attached hydrogens (tertiary/aromatic N) is 2. The van der Waals surface area contributed by atoms with Crippen LogP contribution in [0.1, 0.15) is 153 Å². The third kappa shape index (κ3) is 27.4. The minimum Gasteiger partial charge on any atom is -0.493 e. The van der Waals surface area contributed by atoms with E-state index in [2.05, 4.69) is 119 Å². The molecule has 6 aromatic rings. The number of carbonyl (C=O) groups is 1. The molecule has 0 fully saturated rings. The molecular weight excluding hydrogens is 1140 g/mol. The molecule has 1 N–H and O–H groups in total. The smallest absolute Gasteiger partial charge is 0.220 e. The van der Waals surface area contributed by atoms with Gasteiger partial charge >= 0.3 is 0 Å². The van der Waals surface area contributed by atoms with Gasteiger partial charge in [-0.3, -0.25) is 4.79 Å². The van der Waals surface area contributed by atoms with E-state index in [4.69, 9.17) is 56.8 Å². The Hall–Kier alpha value is -6.79. The molecule has 90 heavy (non-hydrogen) atoms. The lowest BCUT2D eigenvalue weighted by Gasteiger charge is -2.20. The molecule has 6 aromatic carbocycles. The van der Waals surface area contributed by atoms with Gasteiger partial charge in [-0.15, -0.1) is 0 Å². The predicted octanol–water partition coefficient (Wildman–Crippen LogP) is 16.5. The molecule has 0 aliphatic heterocycles. The fraction of sp³-hybridized carbons (Fsp3) is 0.527. The van der Waals surface area contributed by atoms with Crippen molar-refractivity contribution in [2.75, 3.05) is 125 Å². The highest BCUT2D eigenvalue weighted by molar-refractivity contribution is 5.93. The van der Waals surface area contributed by atoms with Crippen LogP contribution in [-0.2, 0) is 33.2 Å². The molecule has 0 aliphatic rings. The minimum absolute atomic E-state index is 0.0264. The molecule has 16 nitrogen and oxygen atoms in total. The second kappa shape index (κ2) is 43.1. The third-order valence-electron chi connectivity index (χ3n) is 14.8. The molecule has 0 radical (unpaired) electrons. The summed E-state index contributed by atoms with van der Waals surface area (Å²) >= 11 is 0. The maximum absolute atomic E-state index is 12.4. The summed E-state index contributed by atoms with van der Waals surface area (Å²) < 4.78 is 70.6. The number of nitrogens with one attached hydrogen (secondary N) is 1. The first-order valence-electron chi connectivity index (χ1n) is 32.9. The van der Waals surface area contributed by atoms with Gasteiger partial charge in [0.15, 0.2) is 0 Å². The predicted molar refractivity (Wildman–Crippen MR) is 358 cm³/mol. The third-order valence-corrected chi connectivity index (χ3v) is 14.8. The van der Waals surface area contributed by atoms with Gasteiger partial charge in [-0.2, -0.15) is 10.2 Å². The number of azo groups is 1. The number of amides is 1. The average Bonchev–Trinajstić information content (AvgIpc) is 2.80. The highest BCUT2D eigenvalue weighted by atomic mass is 16.6. The number of ether oxygens (including phenoxy) is 12. The fourth-order valence-corrected chi connectivity index (χ4v) is 9.87. The number of para-hydroxylation sites is 2. The van der Waals surface area contributed by atoms with Crippen molar-refractivity contribution in [3.8, 4) is 34.5 Å². The SMILES string of the molecule is CC(C)c1cccc(C(C)C)c1OCCCCCCOc1cccc2c(OCCCCCC(=O)NCCOCCOCCOCCOc3ccc(N=Nc4ccc(OCCOCCOCCOCCOc5c(C(C)C)cccc5C(C)C)cc4)cc3)cccc12. The fourth-order valence-electron chi connectivity index (χ4n) is 9.87. The van der Waals surface area contributed by atoms with Crippen LogP contribution in [0.15, 0.2) is 132 Å². The highest BCUT2D eigenvalue weighted by Gasteiger charge is 2.17. The monoisotopic (exact) mass is 1240 g/mol. The number of benzene rings is 6. The van der Waals surface area contributed by atoms with Crippen molar-refractivity contribution >= 4 is 28.1 Å². The molecule has 0 saturated carbocycles.